The van der Waals surface area contributed by atoms with Gasteiger partial charge in [-0.05, 0) is 53.1 Å². The Balaban J connectivity index is 2.13. The van der Waals surface area contributed by atoms with E-state index in [-0.39, 0.29) is 0 Å². The van der Waals surface area contributed by atoms with Gasteiger partial charge in [0.05, 0.1) is 0 Å². The van der Waals surface area contributed by atoms with Crippen molar-refractivity contribution in [2.75, 3.05) is 6.54 Å². The normalized spacial score (nSPS) is 21.9. The van der Waals surface area contributed by atoms with E-state index in [0.29, 0.717) is 11.5 Å². The second kappa shape index (κ2) is 4.89. The van der Waals surface area contributed by atoms with Crippen molar-refractivity contribution in [2.45, 2.75) is 40.2 Å². The number of benzene rings is 2. The Kier molecular flexibility index (Phi) is 3.33. The summed E-state index contributed by atoms with van der Waals surface area (Å²) in [6.07, 6.45) is 1.33. The van der Waals surface area contributed by atoms with Gasteiger partial charge in [0, 0.05) is 6.04 Å². The van der Waals surface area contributed by atoms with Gasteiger partial charge in [0.15, 0.2) is 0 Å². The molecule has 106 valence electrons. The van der Waals surface area contributed by atoms with Crippen LogP contribution in [0.1, 0.15) is 44.4 Å². The van der Waals surface area contributed by atoms with Crippen molar-refractivity contribution < 1.29 is 0 Å². The van der Waals surface area contributed by atoms with Crippen molar-refractivity contribution in [3.63, 3.8) is 0 Å². The minimum Gasteiger partial charge on any atom is -0.310 e. The van der Waals surface area contributed by atoms with Gasteiger partial charge in [-0.3, -0.25) is 0 Å². The van der Waals surface area contributed by atoms with E-state index in [9.17, 15) is 0 Å². The highest BCUT2D eigenvalue weighted by atomic mass is 14.9. The van der Waals surface area contributed by atoms with E-state index in [1.54, 1.807) is 0 Å². The lowest BCUT2D eigenvalue weighted by Crippen LogP contribution is -2.25. The lowest BCUT2D eigenvalue weighted by molar-refractivity contribution is 0.424. The first-order valence-electron chi connectivity index (χ1n) is 7.76. The molecule has 20 heavy (non-hydrogen) atoms. The topological polar surface area (TPSA) is 12.0 Å². The molecule has 0 aromatic heterocycles. The Morgan fingerprint density at radius 2 is 1.90 bits per heavy atom. The number of hydrogen-bond acceptors (Lipinski definition) is 1. The fourth-order valence-corrected chi connectivity index (χ4v) is 3.56. The summed E-state index contributed by atoms with van der Waals surface area (Å²) in [7, 11) is 0. The van der Waals surface area contributed by atoms with Crippen LogP contribution in [0.25, 0.3) is 10.8 Å². The maximum Gasteiger partial charge on any atom is 0.0362 e. The Morgan fingerprint density at radius 1 is 1.20 bits per heavy atom. The molecule has 2 atom stereocenters. The number of hydrogen-bond donors (Lipinski definition) is 1. The molecule has 2 aromatic carbocycles. The third-order valence-electron chi connectivity index (χ3n) is 4.92. The molecule has 2 unspecified atom stereocenters. The van der Waals surface area contributed by atoms with Crippen LogP contribution < -0.4 is 5.32 Å². The molecule has 1 aliphatic carbocycles. The maximum atomic E-state index is 3.75. The predicted octanol–water partition coefficient (Wildman–Crippen LogP) is 4.84. The lowest BCUT2D eigenvalue weighted by atomic mass is 9.89. The van der Waals surface area contributed by atoms with Gasteiger partial charge in [-0.1, -0.05) is 57.2 Å². The van der Waals surface area contributed by atoms with E-state index in [0.717, 1.165) is 12.5 Å². The predicted molar refractivity (Wildman–Crippen MR) is 87.0 cm³/mol. The molecule has 0 saturated heterocycles. The average Bonchev–Trinajstić information content (AvgIpc) is 3.05. The van der Waals surface area contributed by atoms with Crippen molar-refractivity contribution >= 4 is 10.8 Å². The van der Waals surface area contributed by atoms with Crippen molar-refractivity contribution in [2.24, 2.45) is 11.3 Å². The van der Waals surface area contributed by atoms with E-state index in [1.165, 1.54) is 28.3 Å². The zero-order valence-electron chi connectivity index (χ0n) is 13.0. The van der Waals surface area contributed by atoms with Crippen LogP contribution in [-0.4, -0.2) is 6.54 Å². The summed E-state index contributed by atoms with van der Waals surface area (Å²) in [6.45, 7) is 10.3. The van der Waals surface area contributed by atoms with E-state index in [4.69, 9.17) is 0 Å². The summed E-state index contributed by atoms with van der Waals surface area (Å²) >= 11 is 0. The van der Waals surface area contributed by atoms with Crippen LogP contribution in [0.4, 0.5) is 0 Å². The van der Waals surface area contributed by atoms with Gasteiger partial charge in [-0.25, -0.2) is 0 Å². The number of fused-ring (bicyclic) bond motifs is 1. The highest BCUT2D eigenvalue weighted by molar-refractivity contribution is 5.87. The molecule has 1 fully saturated rings. The second-order valence-electron chi connectivity index (χ2n) is 6.85. The maximum absolute atomic E-state index is 3.75. The molecule has 0 amide bonds. The van der Waals surface area contributed by atoms with Gasteiger partial charge >= 0.3 is 0 Å². The van der Waals surface area contributed by atoms with E-state index in [1.807, 2.05) is 0 Å². The summed E-state index contributed by atoms with van der Waals surface area (Å²) in [5.74, 6) is 0.756. The van der Waals surface area contributed by atoms with Crippen molar-refractivity contribution in [3.8, 4) is 0 Å². The van der Waals surface area contributed by atoms with Gasteiger partial charge in [-0.2, -0.15) is 0 Å². The second-order valence-corrected chi connectivity index (χ2v) is 6.85. The van der Waals surface area contributed by atoms with Crippen LogP contribution >= 0.6 is 0 Å². The quantitative estimate of drug-likeness (QED) is 0.835. The molecule has 1 N–H and O–H groups in total. The van der Waals surface area contributed by atoms with E-state index in [2.05, 4.69) is 69.4 Å². The van der Waals surface area contributed by atoms with Crippen LogP contribution in [-0.2, 0) is 0 Å². The van der Waals surface area contributed by atoms with Crippen LogP contribution in [0.15, 0.2) is 36.4 Å². The molecule has 1 aliphatic rings. The van der Waals surface area contributed by atoms with Crippen LogP contribution in [0.2, 0.25) is 0 Å². The van der Waals surface area contributed by atoms with Crippen molar-refractivity contribution in [1.29, 1.82) is 0 Å². The van der Waals surface area contributed by atoms with Gasteiger partial charge < -0.3 is 5.32 Å². The first-order chi connectivity index (χ1) is 9.54. The summed E-state index contributed by atoms with van der Waals surface area (Å²) in [4.78, 5) is 0. The molecule has 3 rings (SSSR count). The molecule has 1 saturated carbocycles. The first kappa shape index (κ1) is 13.6. The summed E-state index contributed by atoms with van der Waals surface area (Å²) in [5, 5.41) is 6.52. The summed E-state index contributed by atoms with van der Waals surface area (Å²) < 4.78 is 0. The average molecular weight is 267 g/mol. The molecular weight excluding hydrogens is 242 g/mol. The van der Waals surface area contributed by atoms with Crippen LogP contribution in [0, 0.1) is 18.3 Å². The van der Waals surface area contributed by atoms with E-state index >= 15 is 0 Å². The molecule has 0 radical (unpaired) electrons. The smallest absolute Gasteiger partial charge is 0.0362 e. The molecule has 0 bridgehead atoms. The molecule has 0 aliphatic heterocycles. The summed E-state index contributed by atoms with van der Waals surface area (Å²) in [6, 6.07) is 13.8. The minimum atomic E-state index is 0.482. The molecule has 1 nitrogen and oxygen atoms in total. The van der Waals surface area contributed by atoms with Crippen molar-refractivity contribution in [1.82, 2.24) is 5.32 Å². The third kappa shape index (κ3) is 2.25. The highest BCUT2D eigenvalue weighted by Gasteiger charge is 2.50. The highest BCUT2D eigenvalue weighted by Crippen LogP contribution is 2.58. The van der Waals surface area contributed by atoms with Gasteiger partial charge in [0.25, 0.3) is 0 Å². The zero-order valence-corrected chi connectivity index (χ0v) is 13.0. The van der Waals surface area contributed by atoms with Crippen molar-refractivity contribution in [3.05, 3.63) is 47.5 Å². The molecule has 0 heterocycles. The lowest BCUT2D eigenvalue weighted by Gasteiger charge is -2.24. The van der Waals surface area contributed by atoms with Gasteiger partial charge in [0.1, 0.15) is 0 Å². The Bertz CT molecular complexity index is 627. The monoisotopic (exact) mass is 267 g/mol. The van der Waals surface area contributed by atoms with Crippen LogP contribution in [0.3, 0.4) is 0 Å². The Hall–Kier alpha value is -1.34. The summed E-state index contributed by atoms with van der Waals surface area (Å²) in [5.41, 5.74) is 3.41. The standard InChI is InChI=1S/C19H25N/c1-5-20-18(16-12-19(16,3)4)17-13(2)10-11-14-8-6-7-9-15(14)17/h6-11,16,18,20H,5,12H2,1-4H3. The fraction of sp³-hybridized carbons (Fsp3) is 0.474. The molecule has 0 spiro atoms. The minimum absolute atomic E-state index is 0.482. The van der Waals surface area contributed by atoms with Gasteiger partial charge in [-0.15, -0.1) is 0 Å². The Morgan fingerprint density at radius 3 is 2.55 bits per heavy atom. The molecule has 1 heteroatoms. The molecular formula is C19H25N. The van der Waals surface area contributed by atoms with E-state index < -0.39 is 0 Å². The third-order valence-corrected chi connectivity index (χ3v) is 4.92. The first-order valence-corrected chi connectivity index (χ1v) is 7.76. The SMILES string of the molecule is CCNC(c1c(C)ccc2ccccc12)C1CC1(C)C. The van der Waals surface area contributed by atoms with Crippen LogP contribution in [0.5, 0.6) is 0 Å². The molecule has 2 aromatic rings. The Labute approximate surface area is 122 Å². The fourth-order valence-electron chi connectivity index (χ4n) is 3.56. The number of aryl methyl sites for hydroxylation is 1. The largest absolute Gasteiger partial charge is 0.310 e. The number of rotatable bonds is 4. The zero-order chi connectivity index (χ0) is 14.3. The van der Waals surface area contributed by atoms with Gasteiger partial charge in [0.2, 0.25) is 0 Å². The number of nitrogens with one attached hydrogen (secondary N) is 1.